The van der Waals surface area contributed by atoms with Crippen molar-refractivity contribution < 1.29 is 9.59 Å². The van der Waals surface area contributed by atoms with Gasteiger partial charge in [0.2, 0.25) is 5.91 Å². The van der Waals surface area contributed by atoms with E-state index in [0.29, 0.717) is 30.3 Å². The Balaban J connectivity index is 0.00000114. The number of hydrogen-bond acceptors (Lipinski definition) is 4. The van der Waals surface area contributed by atoms with Crippen molar-refractivity contribution in [3.8, 4) is 0 Å². The van der Waals surface area contributed by atoms with Gasteiger partial charge in [-0.3, -0.25) is 9.59 Å². The average molecular weight is 394 g/mol. The van der Waals surface area contributed by atoms with Crippen LogP contribution in [-0.4, -0.2) is 31.2 Å². The molecular weight excluding hydrogens is 358 g/mol. The number of hydrogen-bond donors (Lipinski definition) is 3. The summed E-state index contributed by atoms with van der Waals surface area (Å²) in [5.41, 5.74) is 6.52. The summed E-state index contributed by atoms with van der Waals surface area (Å²) in [6, 6.07) is 5.55. The molecule has 2 amide bonds. The Morgan fingerprint density at radius 3 is 2.56 bits per heavy atom. The van der Waals surface area contributed by atoms with E-state index in [2.05, 4.69) is 31.4 Å². The van der Waals surface area contributed by atoms with E-state index in [1.54, 1.807) is 11.8 Å². The molecule has 0 heterocycles. The highest BCUT2D eigenvalue weighted by molar-refractivity contribution is 7.98. The predicted molar refractivity (Wildman–Crippen MR) is 115 cm³/mol. The van der Waals surface area contributed by atoms with Crippen LogP contribution in [0.4, 0.5) is 5.69 Å². The van der Waals surface area contributed by atoms with E-state index in [9.17, 15) is 9.59 Å². The highest BCUT2D eigenvalue weighted by Crippen LogP contribution is 2.30. The summed E-state index contributed by atoms with van der Waals surface area (Å²) < 4.78 is 0. The molecule has 4 N–H and O–H groups in total. The van der Waals surface area contributed by atoms with Crippen LogP contribution < -0.4 is 16.4 Å². The minimum Gasteiger partial charge on any atom is -0.351 e. The van der Waals surface area contributed by atoms with Crippen molar-refractivity contribution in [1.82, 2.24) is 5.32 Å². The van der Waals surface area contributed by atoms with E-state index in [1.165, 1.54) is 12.8 Å². The Kier molecular flexibility index (Phi) is 11.1. The van der Waals surface area contributed by atoms with Gasteiger partial charge in [0.15, 0.2) is 0 Å². The SMILES string of the molecule is CCC.CSc1ccc(NC(=O)C2CCCC(C)C2)c(C(=O)NCCN)c1. The molecule has 152 valence electrons. The summed E-state index contributed by atoms with van der Waals surface area (Å²) in [7, 11) is 0. The second kappa shape index (κ2) is 12.8. The normalized spacial score (nSPS) is 18.9. The lowest BCUT2D eigenvalue weighted by Crippen LogP contribution is -2.31. The molecule has 0 saturated heterocycles. The van der Waals surface area contributed by atoms with Crippen molar-refractivity contribution in [2.24, 2.45) is 17.6 Å². The number of anilines is 1. The lowest BCUT2D eigenvalue weighted by atomic mass is 9.82. The topological polar surface area (TPSA) is 84.2 Å². The Morgan fingerprint density at radius 1 is 1.26 bits per heavy atom. The quantitative estimate of drug-likeness (QED) is 0.630. The van der Waals surface area contributed by atoms with Crippen LogP contribution in [0.5, 0.6) is 0 Å². The number of nitrogens with one attached hydrogen (secondary N) is 2. The first-order chi connectivity index (χ1) is 13.0. The zero-order valence-electron chi connectivity index (χ0n) is 17.1. The molecule has 6 heteroatoms. The maximum atomic E-state index is 12.6. The second-order valence-corrected chi connectivity index (χ2v) is 8.00. The van der Waals surface area contributed by atoms with Crippen LogP contribution in [0.2, 0.25) is 0 Å². The number of nitrogens with two attached hydrogens (primary N) is 1. The Bertz CT molecular complexity index is 607. The molecule has 1 aliphatic rings. The van der Waals surface area contributed by atoms with Crippen molar-refractivity contribution in [1.29, 1.82) is 0 Å². The van der Waals surface area contributed by atoms with Crippen LogP contribution in [0.3, 0.4) is 0 Å². The molecule has 0 aliphatic heterocycles. The fourth-order valence-electron chi connectivity index (χ4n) is 3.14. The summed E-state index contributed by atoms with van der Waals surface area (Å²) in [4.78, 5) is 25.9. The molecule has 2 atom stereocenters. The molecule has 1 aliphatic carbocycles. The van der Waals surface area contributed by atoms with Gasteiger partial charge in [-0.2, -0.15) is 0 Å². The van der Waals surface area contributed by atoms with Crippen molar-refractivity contribution in [2.45, 2.75) is 57.8 Å². The minimum atomic E-state index is -0.205. The van der Waals surface area contributed by atoms with E-state index in [0.717, 1.165) is 24.2 Å². The number of benzene rings is 1. The summed E-state index contributed by atoms with van der Waals surface area (Å²) >= 11 is 1.56. The molecular formula is C21H35N3O2S. The maximum absolute atomic E-state index is 12.6. The first kappa shape index (κ1) is 23.5. The molecule has 0 bridgehead atoms. The van der Waals surface area contributed by atoms with Crippen LogP contribution in [0.1, 0.15) is 63.2 Å². The zero-order chi connectivity index (χ0) is 20.2. The highest BCUT2D eigenvalue weighted by atomic mass is 32.2. The van der Waals surface area contributed by atoms with Crippen molar-refractivity contribution in [3.05, 3.63) is 23.8 Å². The maximum Gasteiger partial charge on any atom is 0.253 e. The molecule has 0 radical (unpaired) electrons. The number of carbonyl (C=O) groups is 2. The van der Waals surface area contributed by atoms with Crippen LogP contribution in [-0.2, 0) is 4.79 Å². The molecule has 5 nitrogen and oxygen atoms in total. The number of rotatable bonds is 6. The minimum absolute atomic E-state index is 0.0197. The van der Waals surface area contributed by atoms with E-state index < -0.39 is 0 Å². The van der Waals surface area contributed by atoms with Gasteiger partial charge in [0.05, 0.1) is 11.3 Å². The lowest BCUT2D eigenvalue weighted by Gasteiger charge is -2.26. The van der Waals surface area contributed by atoms with Gasteiger partial charge in [-0.1, -0.05) is 40.0 Å². The van der Waals surface area contributed by atoms with Gasteiger partial charge >= 0.3 is 0 Å². The van der Waals surface area contributed by atoms with Crippen molar-refractivity contribution in [2.75, 3.05) is 24.7 Å². The summed E-state index contributed by atoms with van der Waals surface area (Å²) in [5.74, 6) is 0.435. The zero-order valence-corrected chi connectivity index (χ0v) is 18.0. The molecule has 1 saturated carbocycles. The van der Waals surface area contributed by atoms with E-state index in [-0.39, 0.29) is 17.7 Å². The number of amides is 2. The Hall–Kier alpha value is -1.53. The van der Waals surface area contributed by atoms with Crippen LogP contribution in [0.25, 0.3) is 0 Å². The molecule has 1 aromatic carbocycles. The monoisotopic (exact) mass is 393 g/mol. The number of thioether (sulfide) groups is 1. The fourth-order valence-corrected chi connectivity index (χ4v) is 3.57. The largest absolute Gasteiger partial charge is 0.351 e. The number of carbonyl (C=O) groups excluding carboxylic acids is 2. The molecule has 0 spiro atoms. The van der Waals surface area contributed by atoms with E-state index >= 15 is 0 Å². The van der Waals surface area contributed by atoms with Crippen molar-refractivity contribution in [3.63, 3.8) is 0 Å². The smallest absolute Gasteiger partial charge is 0.253 e. The van der Waals surface area contributed by atoms with E-state index in [1.807, 2.05) is 24.5 Å². The summed E-state index contributed by atoms with van der Waals surface area (Å²) in [6.07, 6.45) is 7.34. The first-order valence-corrected chi connectivity index (χ1v) is 11.2. The first-order valence-electron chi connectivity index (χ1n) is 9.93. The predicted octanol–water partition coefficient (Wildman–Crippen LogP) is 4.28. The van der Waals surface area contributed by atoms with Crippen LogP contribution in [0, 0.1) is 11.8 Å². The van der Waals surface area contributed by atoms with Crippen molar-refractivity contribution >= 4 is 29.3 Å². The van der Waals surface area contributed by atoms with Gasteiger partial charge in [-0.15, -0.1) is 11.8 Å². The molecule has 1 aromatic rings. The van der Waals surface area contributed by atoms with Crippen LogP contribution in [0.15, 0.2) is 23.1 Å². The lowest BCUT2D eigenvalue weighted by molar-refractivity contribution is -0.121. The molecule has 2 unspecified atom stereocenters. The standard InChI is InChI=1S/C18H27N3O2S.C3H8/c1-12-4-3-5-13(10-12)17(22)21-16-7-6-14(24-2)11-15(16)18(23)20-9-8-19;1-3-2/h6-7,11-13H,3-5,8-10,19H2,1-2H3,(H,20,23)(H,21,22);3H2,1-2H3. The molecule has 0 aromatic heterocycles. The van der Waals surface area contributed by atoms with Crippen LogP contribution >= 0.6 is 11.8 Å². The molecule has 2 rings (SSSR count). The van der Waals surface area contributed by atoms with Gasteiger partial charge in [-0.05, 0) is 43.2 Å². The second-order valence-electron chi connectivity index (χ2n) is 7.12. The van der Waals surface area contributed by atoms with Gasteiger partial charge in [0, 0.05) is 23.9 Å². The Labute approximate surface area is 168 Å². The van der Waals surface area contributed by atoms with Gasteiger partial charge < -0.3 is 16.4 Å². The van der Waals surface area contributed by atoms with Gasteiger partial charge in [0.1, 0.15) is 0 Å². The highest BCUT2D eigenvalue weighted by Gasteiger charge is 2.26. The Morgan fingerprint density at radius 2 is 1.96 bits per heavy atom. The summed E-state index contributed by atoms with van der Waals surface area (Å²) in [6.45, 7) is 7.24. The molecule has 27 heavy (non-hydrogen) atoms. The third-order valence-electron chi connectivity index (χ3n) is 4.47. The van der Waals surface area contributed by atoms with Gasteiger partial charge in [-0.25, -0.2) is 0 Å². The molecule has 1 fully saturated rings. The fraction of sp³-hybridized carbons (Fsp3) is 0.619. The average Bonchev–Trinajstić information content (AvgIpc) is 2.67. The van der Waals surface area contributed by atoms with Gasteiger partial charge in [0.25, 0.3) is 5.91 Å². The third kappa shape index (κ3) is 7.93. The third-order valence-corrected chi connectivity index (χ3v) is 5.19. The summed E-state index contributed by atoms with van der Waals surface area (Å²) in [5, 5.41) is 5.74. The van der Waals surface area contributed by atoms with E-state index in [4.69, 9.17) is 5.73 Å².